The lowest BCUT2D eigenvalue weighted by molar-refractivity contribution is -0.132. The lowest BCUT2D eigenvalue weighted by Gasteiger charge is -2.12. The Balaban J connectivity index is 1.74. The molecule has 6 nitrogen and oxygen atoms in total. The van der Waals surface area contributed by atoms with Gasteiger partial charge in [-0.25, -0.2) is 9.79 Å². The first-order chi connectivity index (χ1) is 15.0. The number of hydrogen-bond donors (Lipinski definition) is 0. The molecule has 0 aliphatic carbocycles. The second kappa shape index (κ2) is 8.89. The van der Waals surface area contributed by atoms with E-state index >= 15 is 0 Å². The number of nitrogens with zero attached hydrogens (tertiary/aromatic N) is 1. The van der Waals surface area contributed by atoms with Gasteiger partial charge in [0.1, 0.15) is 0 Å². The Morgan fingerprint density at radius 2 is 1.94 bits per heavy atom. The number of esters is 2. The number of ether oxygens (including phenoxy) is 3. The van der Waals surface area contributed by atoms with E-state index in [-0.39, 0.29) is 11.6 Å². The Morgan fingerprint density at radius 1 is 1.16 bits per heavy atom. The van der Waals surface area contributed by atoms with Crippen LogP contribution in [0.1, 0.15) is 25.0 Å². The molecule has 31 heavy (non-hydrogen) atoms. The zero-order valence-electron chi connectivity index (χ0n) is 16.8. The van der Waals surface area contributed by atoms with Crippen LogP contribution in [0.15, 0.2) is 65.3 Å². The van der Waals surface area contributed by atoms with E-state index in [1.165, 1.54) is 6.92 Å². The van der Waals surface area contributed by atoms with Crippen LogP contribution < -0.4 is 9.47 Å². The summed E-state index contributed by atoms with van der Waals surface area (Å²) in [5.74, 6) is 0.0741. The summed E-state index contributed by atoms with van der Waals surface area (Å²) in [5.41, 5.74) is 1.62. The average Bonchev–Trinajstić information content (AvgIpc) is 3.10. The number of aliphatic imine (C=N–C) groups is 1. The van der Waals surface area contributed by atoms with E-state index in [2.05, 4.69) is 27.6 Å². The van der Waals surface area contributed by atoms with Crippen LogP contribution in [0.4, 0.5) is 0 Å². The van der Waals surface area contributed by atoms with E-state index in [0.717, 1.165) is 16.3 Å². The van der Waals surface area contributed by atoms with Crippen LogP contribution in [0.3, 0.4) is 0 Å². The summed E-state index contributed by atoms with van der Waals surface area (Å²) in [5, 5.41) is 1.99. The molecule has 1 heterocycles. The molecule has 0 fully saturated rings. The highest BCUT2D eigenvalue weighted by atomic mass is 127. The highest BCUT2D eigenvalue weighted by Gasteiger charge is 2.25. The zero-order chi connectivity index (χ0) is 22.0. The van der Waals surface area contributed by atoms with Crippen molar-refractivity contribution < 1.29 is 23.8 Å². The molecule has 0 atom stereocenters. The van der Waals surface area contributed by atoms with E-state index < -0.39 is 11.9 Å². The summed E-state index contributed by atoms with van der Waals surface area (Å²) >= 11 is 2.06. The van der Waals surface area contributed by atoms with Gasteiger partial charge in [-0.2, -0.15) is 0 Å². The Hall–Kier alpha value is -3.20. The van der Waals surface area contributed by atoms with Crippen molar-refractivity contribution in [2.45, 2.75) is 13.8 Å². The molecule has 4 rings (SSSR count). The molecule has 0 amide bonds. The van der Waals surface area contributed by atoms with Crippen molar-refractivity contribution in [1.29, 1.82) is 0 Å². The van der Waals surface area contributed by atoms with Crippen LogP contribution in [0.25, 0.3) is 16.8 Å². The van der Waals surface area contributed by atoms with E-state index in [9.17, 15) is 9.59 Å². The molecule has 0 spiro atoms. The van der Waals surface area contributed by atoms with Crippen molar-refractivity contribution in [3.63, 3.8) is 0 Å². The third kappa shape index (κ3) is 4.46. The van der Waals surface area contributed by atoms with Gasteiger partial charge in [0.15, 0.2) is 17.2 Å². The van der Waals surface area contributed by atoms with Crippen molar-refractivity contribution in [2.75, 3.05) is 6.61 Å². The van der Waals surface area contributed by atoms with E-state index in [1.807, 2.05) is 49.4 Å². The number of cyclic esters (lactones) is 1. The minimum Gasteiger partial charge on any atom is -0.490 e. The minimum atomic E-state index is -0.528. The number of halogens is 1. The van der Waals surface area contributed by atoms with Gasteiger partial charge in [-0.05, 0) is 70.1 Å². The predicted molar refractivity (Wildman–Crippen MR) is 126 cm³/mol. The third-order valence-corrected chi connectivity index (χ3v) is 5.32. The Labute approximate surface area is 192 Å². The Kier molecular flexibility index (Phi) is 6.03. The van der Waals surface area contributed by atoms with E-state index in [1.54, 1.807) is 18.2 Å². The first-order valence-electron chi connectivity index (χ1n) is 9.61. The molecule has 3 aromatic rings. The molecule has 0 bridgehead atoms. The molecule has 7 heteroatoms. The Bertz CT molecular complexity index is 1260. The third-order valence-electron chi connectivity index (χ3n) is 4.52. The first-order valence-corrected chi connectivity index (χ1v) is 10.7. The van der Waals surface area contributed by atoms with E-state index in [0.29, 0.717) is 27.2 Å². The lowest BCUT2D eigenvalue weighted by atomic mass is 10.0. The van der Waals surface area contributed by atoms with Gasteiger partial charge in [-0.1, -0.05) is 36.4 Å². The highest BCUT2D eigenvalue weighted by molar-refractivity contribution is 14.1. The van der Waals surface area contributed by atoms with Crippen LogP contribution in [-0.4, -0.2) is 24.4 Å². The molecule has 156 valence electrons. The van der Waals surface area contributed by atoms with Gasteiger partial charge in [0.2, 0.25) is 5.90 Å². The van der Waals surface area contributed by atoms with E-state index in [4.69, 9.17) is 14.2 Å². The molecule has 1 aliphatic rings. The number of hydrogen-bond acceptors (Lipinski definition) is 6. The average molecular weight is 527 g/mol. The zero-order valence-corrected chi connectivity index (χ0v) is 19.0. The van der Waals surface area contributed by atoms with Gasteiger partial charge in [0.25, 0.3) is 0 Å². The van der Waals surface area contributed by atoms with Crippen LogP contribution in [0.2, 0.25) is 0 Å². The number of carbonyl (C=O) groups is 2. The van der Waals surface area contributed by atoms with Crippen molar-refractivity contribution in [2.24, 2.45) is 4.99 Å². The molecule has 0 saturated carbocycles. The number of rotatable bonds is 5. The summed E-state index contributed by atoms with van der Waals surface area (Å²) in [6.45, 7) is 3.57. The molecule has 0 radical (unpaired) electrons. The molecular formula is C24H18INO5. The topological polar surface area (TPSA) is 74.2 Å². The minimum absolute atomic E-state index is 0.182. The van der Waals surface area contributed by atoms with Gasteiger partial charge in [-0.3, -0.25) is 4.79 Å². The molecule has 0 N–H and O–H groups in total. The first kappa shape index (κ1) is 21.0. The highest BCUT2D eigenvalue weighted by Crippen LogP contribution is 2.35. The van der Waals surface area contributed by atoms with Crippen molar-refractivity contribution in [3.05, 3.63) is 75.0 Å². The second-order valence-electron chi connectivity index (χ2n) is 6.72. The van der Waals surface area contributed by atoms with Crippen molar-refractivity contribution in [3.8, 4) is 11.5 Å². The van der Waals surface area contributed by atoms with Gasteiger partial charge in [0.05, 0.1) is 10.2 Å². The van der Waals surface area contributed by atoms with Gasteiger partial charge < -0.3 is 14.2 Å². The maximum Gasteiger partial charge on any atom is 0.363 e. The van der Waals surface area contributed by atoms with Crippen molar-refractivity contribution in [1.82, 2.24) is 0 Å². The van der Waals surface area contributed by atoms with Crippen LogP contribution >= 0.6 is 22.6 Å². The maximum atomic E-state index is 12.5. The fourth-order valence-electron chi connectivity index (χ4n) is 3.27. The lowest BCUT2D eigenvalue weighted by Crippen LogP contribution is -2.06. The van der Waals surface area contributed by atoms with Crippen LogP contribution in [-0.2, 0) is 14.3 Å². The SMILES string of the molecule is CCOc1cc(/C=C2/N=C(c3cccc4ccccc34)OC2=O)cc(I)c1OC(C)=O. The molecule has 3 aromatic carbocycles. The number of benzene rings is 3. The molecule has 0 aromatic heterocycles. The molecule has 0 saturated heterocycles. The quantitative estimate of drug-likeness (QED) is 0.200. The Morgan fingerprint density at radius 3 is 2.71 bits per heavy atom. The summed E-state index contributed by atoms with van der Waals surface area (Å²) < 4.78 is 17.0. The predicted octanol–water partition coefficient (Wildman–Crippen LogP) is 5.11. The smallest absolute Gasteiger partial charge is 0.363 e. The fraction of sp³-hybridized carbons (Fsp3) is 0.125. The fourth-order valence-corrected chi connectivity index (χ4v) is 4.01. The molecule has 1 aliphatic heterocycles. The number of carbonyl (C=O) groups excluding carboxylic acids is 2. The largest absolute Gasteiger partial charge is 0.490 e. The van der Waals surface area contributed by atoms with Crippen LogP contribution in [0, 0.1) is 3.57 Å². The van der Waals surface area contributed by atoms with Gasteiger partial charge in [0, 0.05) is 12.5 Å². The summed E-state index contributed by atoms with van der Waals surface area (Å²) in [7, 11) is 0. The second-order valence-corrected chi connectivity index (χ2v) is 7.88. The summed E-state index contributed by atoms with van der Waals surface area (Å²) in [6, 6.07) is 17.1. The van der Waals surface area contributed by atoms with Crippen molar-refractivity contribution >= 4 is 57.3 Å². The van der Waals surface area contributed by atoms with Crippen LogP contribution in [0.5, 0.6) is 11.5 Å². The molecular weight excluding hydrogens is 509 g/mol. The van der Waals surface area contributed by atoms with Gasteiger partial charge in [-0.15, -0.1) is 0 Å². The monoisotopic (exact) mass is 527 g/mol. The summed E-state index contributed by atoms with van der Waals surface area (Å²) in [6.07, 6.45) is 1.63. The van der Waals surface area contributed by atoms with Gasteiger partial charge >= 0.3 is 11.9 Å². The molecule has 0 unspecified atom stereocenters. The normalized spacial score (nSPS) is 14.5. The standard InChI is InChI=1S/C24H18INO5/c1-3-29-21-13-15(11-19(25)22(21)30-14(2)27)12-20-24(28)31-23(26-20)18-10-6-8-16-7-4-5-9-17(16)18/h4-13H,3H2,1-2H3/b20-12+. The summed E-state index contributed by atoms with van der Waals surface area (Å²) in [4.78, 5) is 28.4. The maximum absolute atomic E-state index is 12.5. The number of fused-ring (bicyclic) bond motifs is 1.